The van der Waals surface area contributed by atoms with E-state index < -0.39 is 18.2 Å². The Labute approximate surface area is 252 Å². The largest absolute Gasteiger partial charge is 0.482 e. The van der Waals surface area contributed by atoms with Crippen molar-refractivity contribution in [3.05, 3.63) is 73.3 Å². The Balaban J connectivity index is 1.68. The molecule has 0 unspecified atom stereocenters. The summed E-state index contributed by atoms with van der Waals surface area (Å²) in [5.74, 6) is 0.396. The van der Waals surface area contributed by atoms with Crippen molar-refractivity contribution in [1.29, 1.82) is 0 Å². The molecule has 10 heteroatoms. The molecule has 0 aromatic heterocycles. The first-order chi connectivity index (χ1) is 18.8. The van der Waals surface area contributed by atoms with Gasteiger partial charge in [0.25, 0.3) is 0 Å². The van der Waals surface area contributed by atoms with Gasteiger partial charge in [-0.1, -0.05) is 54.2 Å². The second kappa shape index (κ2) is 14.2. The molecule has 3 N–H and O–H groups in total. The minimum absolute atomic E-state index is 0.0935. The van der Waals surface area contributed by atoms with Gasteiger partial charge in [0.2, 0.25) is 11.8 Å². The number of carbonyl (C=O) groups excluding carboxylic acids is 2. The second-order valence-electron chi connectivity index (χ2n) is 10.1. The number of halogens is 3. The van der Waals surface area contributed by atoms with Crippen LogP contribution in [0.25, 0.3) is 0 Å². The van der Waals surface area contributed by atoms with E-state index in [4.69, 9.17) is 27.9 Å². The van der Waals surface area contributed by atoms with Crippen molar-refractivity contribution in [3.8, 4) is 5.75 Å². The van der Waals surface area contributed by atoms with Crippen molar-refractivity contribution in [2.24, 2.45) is 5.92 Å². The van der Waals surface area contributed by atoms with Crippen LogP contribution in [-0.2, 0) is 16.1 Å². The maximum Gasteiger partial charge on any atom is 0.247 e. The molecular weight excluding hydrogens is 654 g/mol. The van der Waals surface area contributed by atoms with Crippen LogP contribution in [0.15, 0.2) is 54.1 Å². The van der Waals surface area contributed by atoms with Gasteiger partial charge in [-0.2, -0.15) is 0 Å². The second-order valence-corrected chi connectivity index (χ2v) is 12.1. The van der Waals surface area contributed by atoms with Gasteiger partial charge in [0, 0.05) is 41.5 Å². The van der Waals surface area contributed by atoms with E-state index in [9.17, 15) is 19.8 Å². The number of aliphatic hydroxyl groups is 2. The number of ether oxygens (including phenoxy) is 1. The summed E-state index contributed by atoms with van der Waals surface area (Å²) in [5.41, 5.74) is 1.08. The molecule has 2 aliphatic rings. The summed E-state index contributed by atoms with van der Waals surface area (Å²) < 4.78 is 7.07. The zero-order valence-electron chi connectivity index (χ0n) is 21.5. The van der Waals surface area contributed by atoms with E-state index in [1.54, 1.807) is 35.2 Å². The van der Waals surface area contributed by atoms with Gasteiger partial charge in [-0.25, -0.2) is 0 Å². The number of rotatable bonds is 10. The number of nitrogens with zero attached hydrogens (tertiary/aromatic N) is 1. The summed E-state index contributed by atoms with van der Waals surface area (Å²) in [5, 5.41) is 24.5. The normalized spacial score (nSPS) is 21.4. The Bertz CT molecular complexity index is 1200. The van der Waals surface area contributed by atoms with Crippen LogP contribution in [0, 0.1) is 9.49 Å². The van der Waals surface area contributed by atoms with Gasteiger partial charge < -0.3 is 25.2 Å². The number of carbonyl (C=O) groups is 2. The van der Waals surface area contributed by atoms with Crippen molar-refractivity contribution in [3.63, 3.8) is 0 Å². The first-order valence-corrected chi connectivity index (χ1v) is 15.0. The van der Waals surface area contributed by atoms with Crippen LogP contribution >= 0.6 is 45.8 Å². The predicted molar refractivity (Wildman–Crippen MR) is 160 cm³/mol. The third-order valence-corrected chi connectivity index (χ3v) is 8.81. The number of amides is 2. The third-order valence-electron chi connectivity index (χ3n) is 7.33. The molecule has 2 aliphatic carbocycles. The predicted octanol–water partition coefficient (Wildman–Crippen LogP) is 5.12. The van der Waals surface area contributed by atoms with E-state index in [0.717, 1.165) is 29.3 Å². The standard InChI is InChI=1S/C29H33Cl2IN2O5/c30-21-10-9-19(22(31)16-21)17-34(27(36)13-18-5-1-2-6-18)24-14-20(29(38)33-11-12-35)15-26(28(24)37)39-25-8-4-3-7-23(25)32/h3-4,7-10,15-16,18,24,26,28,35,37H,1-2,5-6,11-14,17H2,(H,33,38)/t24-,26+,28+/m1/s1. The van der Waals surface area contributed by atoms with Gasteiger partial charge in [-0.05, 0) is 77.3 Å². The molecule has 7 nitrogen and oxygen atoms in total. The molecule has 0 spiro atoms. The van der Waals surface area contributed by atoms with Crippen LogP contribution in [0.1, 0.15) is 44.1 Å². The van der Waals surface area contributed by atoms with Gasteiger partial charge in [-0.15, -0.1) is 0 Å². The molecule has 39 heavy (non-hydrogen) atoms. The summed E-state index contributed by atoms with van der Waals surface area (Å²) in [6.45, 7) is 0.0505. The highest BCUT2D eigenvalue weighted by molar-refractivity contribution is 14.1. The first-order valence-electron chi connectivity index (χ1n) is 13.2. The Morgan fingerprint density at radius 3 is 2.56 bits per heavy atom. The molecule has 2 amide bonds. The lowest BCUT2D eigenvalue weighted by molar-refractivity contribution is -0.140. The van der Waals surface area contributed by atoms with E-state index in [1.807, 2.05) is 18.2 Å². The Hall–Kier alpha value is -1.85. The highest BCUT2D eigenvalue weighted by Crippen LogP contribution is 2.34. The fourth-order valence-corrected chi connectivity index (χ4v) is 6.25. The van der Waals surface area contributed by atoms with Crippen molar-refractivity contribution in [2.75, 3.05) is 13.2 Å². The Morgan fingerprint density at radius 2 is 1.87 bits per heavy atom. The number of hydrogen-bond acceptors (Lipinski definition) is 5. The Kier molecular flexibility index (Phi) is 10.9. The molecule has 0 heterocycles. The maximum atomic E-state index is 13.8. The average Bonchev–Trinajstić information content (AvgIpc) is 3.42. The molecule has 210 valence electrons. The lowest BCUT2D eigenvalue weighted by atomic mass is 9.87. The molecule has 0 saturated heterocycles. The van der Waals surface area contributed by atoms with Gasteiger partial charge >= 0.3 is 0 Å². The number of para-hydroxylation sites is 1. The van der Waals surface area contributed by atoms with Gasteiger partial charge in [0.1, 0.15) is 18.0 Å². The fourth-order valence-electron chi connectivity index (χ4n) is 5.27. The lowest BCUT2D eigenvalue weighted by Gasteiger charge is -2.41. The Morgan fingerprint density at radius 1 is 1.13 bits per heavy atom. The molecule has 2 aromatic rings. The van der Waals surface area contributed by atoms with E-state index in [1.165, 1.54) is 0 Å². The molecule has 1 saturated carbocycles. The quantitative estimate of drug-likeness (QED) is 0.302. The maximum absolute atomic E-state index is 13.8. The van der Waals surface area contributed by atoms with Crippen molar-refractivity contribution < 1.29 is 24.5 Å². The fraction of sp³-hybridized carbons (Fsp3) is 0.448. The van der Waals surface area contributed by atoms with E-state index in [-0.39, 0.29) is 37.9 Å². The number of aliphatic hydroxyl groups excluding tert-OH is 2. The lowest BCUT2D eigenvalue weighted by Crippen LogP contribution is -2.55. The monoisotopic (exact) mass is 686 g/mol. The zero-order chi connectivity index (χ0) is 27.9. The number of hydrogen-bond donors (Lipinski definition) is 3. The summed E-state index contributed by atoms with van der Waals surface area (Å²) in [6, 6.07) is 11.8. The highest BCUT2D eigenvalue weighted by atomic mass is 127. The molecule has 1 fully saturated rings. The summed E-state index contributed by atoms with van der Waals surface area (Å²) in [7, 11) is 0. The smallest absolute Gasteiger partial charge is 0.247 e. The van der Waals surface area contributed by atoms with E-state index in [2.05, 4.69) is 27.9 Å². The molecule has 4 rings (SSSR count). The van der Waals surface area contributed by atoms with Crippen LogP contribution in [0.4, 0.5) is 0 Å². The van der Waals surface area contributed by atoms with E-state index >= 15 is 0 Å². The van der Waals surface area contributed by atoms with Gasteiger partial charge in [-0.3, -0.25) is 9.59 Å². The first kappa shape index (κ1) is 30.1. The van der Waals surface area contributed by atoms with Gasteiger partial charge in [0.05, 0.1) is 16.2 Å². The van der Waals surface area contributed by atoms with Crippen molar-refractivity contribution >= 4 is 57.6 Å². The molecular formula is C29H33Cl2IN2O5. The molecule has 0 bridgehead atoms. The van der Waals surface area contributed by atoms with Crippen LogP contribution < -0.4 is 10.1 Å². The summed E-state index contributed by atoms with van der Waals surface area (Å²) >= 11 is 14.8. The minimum Gasteiger partial charge on any atom is -0.482 e. The molecule has 0 aliphatic heterocycles. The van der Waals surface area contributed by atoms with Crippen molar-refractivity contribution in [2.45, 2.75) is 63.3 Å². The van der Waals surface area contributed by atoms with Crippen LogP contribution in [0.3, 0.4) is 0 Å². The minimum atomic E-state index is -1.10. The summed E-state index contributed by atoms with van der Waals surface area (Å²) in [4.78, 5) is 28.5. The summed E-state index contributed by atoms with van der Waals surface area (Å²) in [6.07, 6.45) is 4.35. The number of benzene rings is 2. The molecule has 2 aromatic carbocycles. The molecule has 3 atom stereocenters. The number of nitrogens with one attached hydrogen (secondary N) is 1. The van der Waals surface area contributed by atoms with E-state index in [0.29, 0.717) is 39.3 Å². The highest BCUT2D eigenvalue weighted by Gasteiger charge is 2.41. The van der Waals surface area contributed by atoms with Gasteiger partial charge in [0.15, 0.2) is 0 Å². The average molecular weight is 687 g/mol. The van der Waals surface area contributed by atoms with Crippen molar-refractivity contribution in [1.82, 2.24) is 10.2 Å². The van der Waals surface area contributed by atoms with Crippen LogP contribution in [-0.4, -0.2) is 58.3 Å². The van der Waals surface area contributed by atoms with Crippen LogP contribution in [0.2, 0.25) is 10.0 Å². The van der Waals surface area contributed by atoms with Crippen LogP contribution in [0.5, 0.6) is 5.75 Å². The molecule has 0 radical (unpaired) electrons. The third kappa shape index (κ3) is 7.88. The topological polar surface area (TPSA) is 99.1 Å². The SMILES string of the molecule is O=C(NCCO)C1=C[C@H](Oc2ccccc2I)[C@@H](O)[C@H](N(Cc2ccc(Cl)cc2Cl)C(=O)CC2CCCC2)C1. The zero-order valence-corrected chi connectivity index (χ0v) is 25.2.